The van der Waals surface area contributed by atoms with Gasteiger partial charge in [-0.3, -0.25) is 4.79 Å². The summed E-state index contributed by atoms with van der Waals surface area (Å²) < 4.78 is 5.56. The summed E-state index contributed by atoms with van der Waals surface area (Å²) in [5, 5.41) is 3.02. The lowest BCUT2D eigenvalue weighted by Crippen LogP contribution is -2.33. The molecule has 0 aliphatic rings. The molecule has 1 aromatic heterocycles. The lowest BCUT2D eigenvalue weighted by molar-refractivity contribution is -0.123. The van der Waals surface area contributed by atoms with Gasteiger partial charge in [-0.2, -0.15) is 0 Å². The van der Waals surface area contributed by atoms with Crippen LogP contribution in [0.15, 0.2) is 84.9 Å². The molecule has 0 radical (unpaired) electrons. The van der Waals surface area contributed by atoms with Crippen LogP contribution in [0.2, 0.25) is 0 Å². The van der Waals surface area contributed by atoms with Crippen LogP contribution >= 0.6 is 0 Å². The predicted molar refractivity (Wildman–Crippen MR) is 104 cm³/mol. The Hall–Kier alpha value is -3.60. The van der Waals surface area contributed by atoms with Gasteiger partial charge in [0.25, 0.3) is 5.91 Å². The number of nitrogens with zero attached hydrogens (tertiary/aromatic N) is 1. The highest BCUT2D eigenvalue weighted by Crippen LogP contribution is 2.22. The van der Waals surface area contributed by atoms with Crippen molar-refractivity contribution in [1.29, 1.82) is 0 Å². The van der Waals surface area contributed by atoms with Gasteiger partial charge in [-0.1, -0.05) is 60.7 Å². The molecule has 1 amide bonds. The second-order valence-electron chi connectivity index (χ2n) is 6.15. The van der Waals surface area contributed by atoms with Gasteiger partial charge in [0.15, 0.2) is 6.61 Å². The molecule has 0 fully saturated rings. The van der Waals surface area contributed by atoms with Crippen molar-refractivity contribution in [3.05, 3.63) is 96.3 Å². The van der Waals surface area contributed by atoms with E-state index in [0.29, 0.717) is 11.6 Å². The number of H-pyrrole nitrogens is 1. The van der Waals surface area contributed by atoms with Crippen molar-refractivity contribution in [2.24, 2.45) is 0 Å². The number of imidazole rings is 1. The summed E-state index contributed by atoms with van der Waals surface area (Å²) in [6.07, 6.45) is 0. The van der Waals surface area contributed by atoms with Gasteiger partial charge in [-0.15, -0.1) is 0 Å². The number of nitrogens with one attached hydrogen (secondary N) is 2. The average molecular weight is 357 g/mol. The van der Waals surface area contributed by atoms with Crippen LogP contribution in [0.3, 0.4) is 0 Å². The largest absolute Gasteiger partial charge is 0.484 e. The first-order chi connectivity index (χ1) is 13.3. The monoisotopic (exact) mass is 357 g/mol. The molecule has 0 bridgehead atoms. The fourth-order valence-corrected chi connectivity index (χ4v) is 2.93. The van der Waals surface area contributed by atoms with E-state index in [1.54, 1.807) is 0 Å². The standard InChI is InChI=1S/C22H19N3O2/c26-20(15-27-17-11-5-2-6-12-17)25-21(16-9-3-1-4-10-16)22-23-18-13-7-8-14-19(18)24-22/h1-14,21H,15H2,(H,23,24)(H,25,26). The zero-order chi connectivity index (χ0) is 18.5. The summed E-state index contributed by atoms with van der Waals surface area (Å²) in [5.41, 5.74) is 2.75. The molecule has 5 nitrogen and oxygen atoms in total. The molecule has 0 saturated heterocycles. The zero-order valence-corrected chi connectivity index (χ0v) is 14.6. The highest BCUT2D eigenvalue weighted by atomic mass is 16.5. The highest BCUT2D eigenvalue weighted by molar-refractivity contribution is 5.79. The molecular formula is C22H19N3O2. The SMILES string of the molecule is O=C(COc1ccccc1)NC(c1ccccc1)c1nc2ccccc2[nH]1. The maximum atomic E-state index is 12.5. The van der Waals surface area contributed by atoms with Gasteiger partial charge in [0, 0.05) is 0 Å². The lowest BCUT2D eigenvalue weighted by atomic mass is 10.1. The van der Waals surface area contributed by atoms with E-state index in [2.05, 4.69) is 15.3 Å². The normalized spacial score (nSPS) is 11.9. The summed E-state index contributed by atoms with van der Waals surface area (Å²) in [5.74, 6) is 1.14. The van der Waals surface area contributed by atoms with E-state index < -0.39 is 0 Å². The van der Waals surface area contributed by atoms with Crippen LogP contribution in [0.4, 0.5) is 0 Å². The number of hydrogen-bond acceptors (Lipinski definition) is 3. The van der Waals surface area contributed by atoms with Crippen molar-refractivity contribution < 1.29 is 9.53 Å². The van der Waals surface area contributed by atoms with E-state index in [4.69, 9.17) is 4.74 Å². The van der Waals surface area contributed by atoms with E-state index in [0.717, 1.165) is 16.6 Å². The summed E-state index contributed by atoms with van der Waals surface area (Å²) in [4.78, 5) is 20.5. The Balaban J connectivity index is 1.56. The average Bonchev–Trinajstić information content (AvgIpc) is 3.16. The smallest absolute Gasteiger partial charge is 0.258 e. The van der Waals surface area contributed by atoms with E-state index >= 15 is 0 Å². The maximum Gasteiger partial charge on any atom is 0.258 e. The Kier molecular flexibility index (Phi) is 4.83. The Bertz CT molecular complexity index is 996. The van der Waals surface area contributed by atoms with Crippen LogP contribution in [-0.2, 0) is 4.79 Å². The Labute approximate surface area is 157 Å². The van der Waals surface area contributed by atoms with Crippen molar-refractivity contribution in [2.45, 2.75) is 6.04 Å². The fourth-order valence-electron chi connectivity index (χ4n) is 2.93. The molecule has 0 saturated carbocycles. The van der Waals surface area contributed by atoms with Gasteiger partial charge in [0.1, 0.15) is 17.6 Å². The number of para-hydroxylation sites is 3. The van der Waals surface area contributed by atoms with E-state index in [1.807, 2.05) is 84.9 Å². The van der Waals surface area contributed by atoms with Crippen LogP contribution in [0.25, 0.3) is 11.0 Å². The van der Waals surface area contributed by atoms with E-state index in [9.17, 15) is 4.79 Å². The molecule has 27 heavy (non-hydrogen) atoms. The molecule has 3 aromatic carbocycles. The lowest BCUT2D eigenvalue weighted by Gasteiger charge is -2.17. The second kappa shape index (κ2) is 7.74. The summed E-state index contributed by atoms with van der Waals surface area (Å²) in [6, 6.07) is 26.5. The number of rotatable bonds is 6. The summed E-state index contributed by atoms with van der Waals surface area (Å²) >= 11 is 0. The third-order valence-corrected chi connectivity index (χ3v) is 4.23. The first-order valence-corrected chi connectivity index (χ1v) is 8.76. The molecule has 4 rings (SSSR count). The van der Waals surface area contributed by atoms with Gasteiger partial charge < -0.3 is 15.0 Å². The minimum atomic E-state index is -0.384. The number of aromatic nitrogens is 2. The molecule has 2 N–H and O–H groups in total. The highest BCUT2D eigenvalue weighted by Gasteiger charge is 2.20. The third-order valence-electron chi connectivity index (χ3n) is 4.23. The number of carbonyl (C=O) groups is 1. The van der Waals surface area contributed by atoms with Crippen LogP contribution in [0.1, 0.15) is 17.4 Å². The Morgan fingerprint density at radius 2 is 1.59 bits per heavy atom. The molecule has 134 valence electrons. The van der Waals surface area contributed by atoms with Gasteiger partial charge in [-0.25, -0.2) is 4.98 Å². The molecule has 1 unspecified atom stereocenters. The van der Waals surface area contributed by atoms with Crippen LogP contribution in [0, 0.1) is 0 Å². The number of aromatic amines is 1. The number of ether oxygens (including phenoxy) is 1. The zero-order valence-electron chi connectivity index (χ0n) is 14.6. The fraction of sp³-hybridized carbons (Fsp3) is 0.0909. The van der Waals surface area contributed by atoms with Crippen molar-refractivity contribution in [3.8, 4) is 5.75 Å². The van der Waals surface area contributed by atoms with Crippen molar-refractivity contribution in [3.63, 3.8) is 0 Å². The summed E-state index contributed by atoms with van der Waals surface area (Å²) in [6.45, 7) is -0.0619. The molecule has 0 aliphatic heterocycles. The second-order valence-corrected chi connectivity index (χ2v) is 6.15. The molecule has 0 aliphatic carbocycles. The predicted octanol–water partition coefficient (Wildman–Crippen LogP) is 3.85. The quantitative estimate of drug-likeness (QED) is 0.551. The van der Waals surface area contributed by atoms with Crippen LogP contribution in [0.5, 0.6) is 5.75 Å². The van der Waals surface area contributed by atoms with Gasteiger partial charge in [0.2, 0.25) is 0 Å². The Morgan fingerprint density at radius 3 is 2.33 bits per heavy atom. The van der Waals surface area contributed by atoms with Crippen LogP contribution in [-0.4, -0.2) is 22.5 Å². The Morgan fingerprint density at radius 1 is 0.926 bits per heavy atom. The third kappa shape index (κ3) is 3.98. The minimum absolute atomic E-state index is 0.0619. The van der Waals surface area contributed by atoms with E-state index in [1.165, 1.54) is 0 Å². The molecule has 0 spiro atoms. The van der Waals surface area contributed by atoms with Gasteiger partial charge in [-0.05, 0) is 29.8 Å². The first-order valence-electron chi connectivity index (χ1n) is 8.76. The number of hydrogen-bond donors (Lipinski definition) is 2. The molecule has 1 heterocycles. The van der Waals surface area contributed by atoms with Crippen LogP contribution < -0.4 is 10.1 Å². The van der Waals surface area contributed by atoms with Gasteiger partial charge >= 0.3 is 0 Å². The molecule has 5 heteroatoms. The van der Waals surface area contributed by atoms with Crippen molar-refractivity contribution in [1.82, 2.24) is 15.3 Å². The van der Waals surface area contributed by atoms with Gasteiger partial charge in [0.05, 0.1) is 11.0 Å². The minimum Gasteiger partial charge on any atom is -0.484 e. The van der Waals surface area contributed by atoms with Crippen molar-refractivity contribution >= 4 is 16.9 Å². The molecule has 1 atom stereocenters. The first kappa shape index (κ1) is 16.8. The summed E-state index contributed by atoms with van der Waals surface area (Å²) in [7, 11) is 0. The number of amides is 1. The maximum absolute atomic E-state index is 12.5. The molecule has 4 aromatic rings. The molecular weight excluding hydrogens is 338 g/mol. The number of carbonyl (C=O) groups excluding carboxylic acids is 1. The topological polar surface area (TPSA) is 67.0 Å². The van der Waals surface area contributed by atoms with Crippen molar-refractivity contribution in [2.75, 3.05) is 6.61 Å². The number of benzene rings is 3. The van der Waals surface area contributed by atoms with E-state index in [-0.39, 0.29) is 18.6 Å². The number of fused-ring (bicyclic) bond motifs is 1.